The van der Waals surface area contributed by atoms with E-state index in [1.165, 1.54) is 6.07 Å². The molecular formula is C22H28FN5O2. The van der Waals surface area contributed by atoms with E-state index in [0.717, 1.165) is 0 Å². The van der Waals surface area contributed by atoms with Crippen molar-refractivity contribution in [3.63, 3.8) is 0 Å². The quantitative estimate of drug-likeness (QED) is 0.784. The van der Waals surface area contributed by atoms with Crippen molar-refractivity contribution < 1.29 is 14.0 Å². The first-order chi connectivity index (χ1) is 14.3. The van der Waals surface area contributed by atoms with Crippen LogP contribution in [0, 0.1) is 23.1 Å². The summed E-state index contributed by atoms with van der Waals surface area (Å²) in [6.07, 6.45) is 1.34. The maximum absolute atomic E-state index is 14.2. The minimum Gasteiger partial charge on any atom is -0.330 e. The first-order valence-electron chi connectivity index (χ1n) is 10.6. The van der Waals surface area contributed by atoms with Gasteiger partial charge in [0, 0.05) is 31.2 Å². The number of carbonyl (C=O) groups is 2. The van der Waals surface area contributed by atoms with E-state index >= 15 is 0 Å². The Morgan fingerprint density at radius 3 is 2.73 bits per heavy atom. The summed E-state index contributed by atoms with van der Waals surface area (Å²) in [5.74, 6) is -0.287. The Balaban J connectivity index is 1.40. The molecule has 6 unspecified atom stereocenters. The number of nitriles is 1. The SMILES string of the molecule is CC1CC(C#N)N(C(=O)C(N)CN2CC3CC2C(=O)N3C(C)c2ccccc2F)C1. The second-order valence-corrected chi connectivity index (χ2v) is 8.89. The molecule has 3 aliphatic heterocycles. The number of halogens is 1. The van der Waals surface area contributed by atoms with E-state index in [1.54, 1.807) is 28.0 Å². The third-order valence-corrected chi connectivity index (χ3v) is 6.78. The van der Waals surface area contributed by atoms with Crippen molar-refractivity contribution in [1.82, 2.24) is 14.7 Å². The Bertz CT molecular complexity index is 887. The van der Waals surface area contributed by atoms with Crippen molar-refractivity contribution in [2.75, 3.05) is 19.6 Å². The number of carbonyl (C=O) groups excluding carboxylic acids is 2. The number of hydrogen-bond donors (Lipinski definition) is 1. The zero-order chi connectivity index (χ0) is 21.6. The van der Waals surface area contributed by atoms with Crippen LogP contribution in [-0.2, 0) is 9.59 Å². The average molecular weight is 413 g/mol. The monoisotopic (exact) mass is 413 g/mol. The molecule has 0 radical (unpaired) electrons. The van der Waals surface area contributed by atoms with Gasteiger partial charge in [0.15, 0.2) is 0 Å². The molecule has 4 rings (SSSR count). The van der Waals surface area contributed by atoms with Crippen LogP contribution in [0.4, 0.5) is 4.39 Å². The van der Waals surface area contributed by atoms with Gasteiger partial charge in [-0.15, -0.1) is 0 Å². The predicted molar refractivity (Wildman–Crippen MR) is 108 cm³/mol. The summed E-state index contributed by atoms with van der Waals surface area (Å²) < 4.78 is 14.2. The topological polar surface area (TPSA) is 93.7 Å². The second-order valence-electron chi connectivity index (χ2n) is 8.89. The van der Waals surface area contributed by atoms with E-state index in [2.05, 4.69) is 6.07 Å². The van der Waals surface area contributed by atoms with Crippen LogP contribution in [-0.4, -0.2) is 70.3 Å². The fourth-order valence-corrected chi connectivity index (χ4v) is 5.32. The largest absolute Gasteiger partial charge is 0.330 e. The van der Waals surface area contributed by atoms with Crippen LogP contribution in [0.1, 0.15) is 38.3 Å². The van der Waals surface area contributed by atoms with Crippen LogP contribution in [0.25, 0.3) is 0 Å². The summed E-state index contributed by atoms with van der Waals surface area (Å²) in [5.41, 5.74) is 6.72. The molecule has 2 N–H and O–H groups in total. The van der Waals surface area contributed by atoms with Crippen molar-refractivity contribution in [2.45, 2.75) is 56.9 Å². The number of fused-ring (bicyclic) bond motifs is 2. The number of nitrogens with two attached hydrogens (primary N) is 1. The Morgan fingerprint density at radius 2 is 2.07 bits per heavy atom. The molecule has 2 bridgehead atoms. The highest BCUT2D eigenvalue weighted by Crippen LogP contribution is 2.38. The maximum atomic E-state index is 14.2. The molecule has 1 aromatic carbocycles. The Morgan fingerprint density at radius 1 is 1.33 bits per heavy atom. The Hall–Kier alpha value is -2.50. The first kappa shape index (κ1) is 20.8. The van der Waals surface area contributed by atoms with Crippen molar-refractivity contribution in [1.29, 1.82) is 5.26 Å². The van der Waals surface area contributed by atoms with E-state index in [9.17, 15) is 19.2 Å². The normalized spacial score (nSPS) is 30.6. The highest BCUT2D eigenvalue weighted by Gasteiger charge is 2.52. The summed E-state index contributed by atoms with van der Waals surface area (Å²) in [7, 11) is 0. The smallest absolute Gasteiger partial charge is 0.241 e. The van der Waals surface area contributed by atoms with Crippen LogP contribution in [0.5, 0.6) is 0 Å². The van der Waals surface area contributed by atoms with Gasteiger partial charge >= 0.3 is 0 Å². The molecule has 0 aromatic heterocycles. The van der Waals surface area contributed by atoms with Crippen molar-refractivity contribution in [3.05, 3.63) is 35.6 Å². The van der Waals surface area contributed by atoms with Gasteiger partial charge < -0.3 is 15.5 Å². The van der Waals surface area contributed by atoms with E-state index in [-0.39, 0.29) is 48.2 Å². The minimum atomic E-state index is -0.768. The molecule has 3 heterocycles. The fraction of sp³-hybridized carbons (Fsp3) is 0.591. The summed E-state index contributed by atoms with van der Waals surface area (Å²) >= 11 is 0. The molecule has 160 valence electrons. The van der Waals surface area contributed by atoms with Crippen LogP contribution in [0.15, 0.2) is 24.3 Å². The van der Waals surface area contributed by atoms with Gasteiger partial charge in [-0.05, 0) is 31.7 Å². The summed E-state index contributed by atoms with van der Waals surface area (Å²) in [6, 6.07) is 6.86. The second kappa shape index (κ2) is 7.97. The molecule has 3 aliphatic rings. The lowest BCUT2D eigenvalue weighted by Crippen LogP contribution is -2.56. The third-order valence-electron chi connectivity index (χ3n) is 6.78. The predicted octanol–water partition coefficient (Wildman–Crippen LogP) is 1.26. The molecule has 2 amide bonds. The van der Waals surface area contributed by atoms with Gasteiger partial charge in [0.05, 0.1) is 24.2 Å². The van der Waals surface area contributed by atoms with E-state index in [4.69, 9.17) is 5.73 Å². The van der Waals surface area contributed by atoms with Gasteiger partial charge in [-0.1, -0.05) is 25.1 Å². The number of likely N-dealkylation sites (tertiary alicyclic amines) is 3. The molecular weight excluding hydrogens is 385 g/mol. The fourth-order valence-electron chi connectivity index (χ4n) is 5.32. The maximum Gasteiger partial charge on any atom is 0.241 e. The lowest BCUT2D eigenvalue weighted by Gasteiger charge is -2.38. The summed E-state index contributed by atoms with van der Waals surface area (Å²) in [4.78, 5) is 31.2. The number of rotatable bonds is 5. The molecule has 0 spiro atoms. The van der Waals surface area contributed by atoms with Crippen LogP contribution in [0.3, 0.4) is 0 Å². The zero-order valence-electron chi connectivity index (χ0n) is 17.4. The summed E-state index contributed by atoms with van der Waals surface area (Å²) in [6.45, 7) is 5.33. The molecule has 7 nitrogen and oxygen atoms in total. The Kier molecular flexibility index (Phi) is 5.51. The lowest BCUT2D eigenvalue weighted by molar-refractivity contribution is -0.141. The first-order valence-corrected chi connectivity index (χ1v) is 10.6. The number of nitrogens with zero attached hydrogens (tertiary/aromatic N) is 4. The zero-order valence-corrected chi connectivity index (χ0v) is 17.4. The van der Waals surface area contributed by atoms with Gasteiger partial charge in [-0.2, -0.15) is 5.26 Å². The van der Waals surface area contributed by atoms with E-state index < -0.39 is 12.1 Å². The van der Waals surface area contributed by atoms with Crippen LogP contribution in [0.2, 0.25) is 0 Å². The summed E-state index contributed by atoms with van der Waals surface area (Å²) in [5, 5.41) is 9.31. The van der Waals surface area contributed by atoms with Gasteiger partial charge in [0.1, 0.15) is 11.9 Å². The average Bonchev–Trinajstić information content (AvgIpc) is 3.39. The number of piperazine rings is 1. The highest BCUT2D eigenvalue weighted by molar-refractivity contribution is 5.87. The van der Waals surface area contributed by atoms with Crippen molar-refractivity contribution in [2.24, 2.45) is 11.7 Å². The third kappa shape index (κ3) is 3.46. The van der Waals surface area contributed by atoms with E-state index in [0.29, 0.717) is 31.5 Å². The van der Waals surface area contributed by atoms with Gasteiger partial charge in [0.25, 0.3) is 0 Å². The van der Waals surface area contributed by atoms with Crippen LogP contribution < -0.4 is 5.73 Å². The minimum absolute atomic E-state index is 0.0157. The molecule has 8 heteroatoms. The molecule has 0 aliphatic carbocycles. The van der Waals surface area contributed by atoms with Gasteiger partial charge in [0.2, 0.25) is 11.8 Å². The number of hydrogen-bond acceptors (Lipinski definition) is 5. The molecule has 3 saturated heterocycles. The Labute approximate surface area is 176 Å². The molecule has 1 aromatic rings. The molecule has 6 atom stereocenters. The number of benzene rings is 1. The van der Waals surface area contributed by atoms with Crippen molar-refractivity contribution in [3.8, 4) is 6.07 Å². The lowest BCUT2D eigenvalue weighted by atomic mass is 10.0. The number of amides is 2. The van der Waals surface area contributed by atoms with E-state index in [1.807, 2.05) is 18.7 Å². The van der Waals surface area contributed by atoms with Crippen LogP contribution >= 0.6 is 0 Å². The molecule has 0 saturated carbocycles. The highest BCUT2D eigenvalue weighted by atomic mass is 19.1. The van der Waals surface area contributed by atoms with Crippen molar-refractivity contribution >= 4 is 11.8 Å². The van der Waals surface area contributed by atoms with Gasteiger partial charge in [-0.25, -0.2) is 4.39 Å². The molecule has 30 heavy (non-hydrogen) atoms. The standard InChI is InChI=1S/C22H28FN5O2/c1-13-7-15(9-24)27(10-13)21(29)19(25)12-26-11-16-8-20(26)22(30)28(16)14(2)17-5-3-4-6-18(17)23/h3-6,13-16,19-20H,7-8,10-12,25H2,1-2H3. The molecule has 3 fully saturated rings. The van der Waals surface area contributed by atoms with Gasteiger partial charge in [-0.3, -0.25) is 14.5 Å².